The molecule has 5 heteroatoms. The average Bonchev–Trinajstić information content (AvgIpc) is 3.05. The Kier molecular flexibility index (Phi) is 3.80. The Labute approximate surface area is 126 Å². The number of imidazole rings is 1. The van der Waals surface area contributed by atoms with E-state index in [1.165, 1.54) is 25.7 Å². The third-order valence-electron chi connectivity index (χ3n) is 3.51. The van der Waals surface area contributed by atoms with E-state index in [4.69, 9.17) is 11.6 Å². The first-order valence-corrected chi connectivity index (χ1v) is 7.66. The molecule has 0 amide bonds. The monoisotopic (exact) mass is 339 g/mol. The lowest BCUT2D eigenvalue weighted by Gasteiger charge is -2.15. The van der Waals surface area contributed by atoms with Crippen LogP contribution in [0.15, 0.2) is 35.1 Å². The minimum atomic E-state index is 0.553. The predicted octanol–water partition coefficient (Wildman–Crippen LogP) is 4.64. The minimum absolute atomic E-state index is 0.553. The fourth-order valence-electron chi connectivity index (χ4n) is 2.51. The van der Waals surface area contributed by atoms with E-state index < -0.39 is 0 Å². The highest BCUT2D eigenvalue weighted by atomic mass is 79.9. The summed E-state index contributed by atoms with van der Waals surface area (Å²) in [6.45, 7) is 0. The molecule has 3 nitrogen and oxygen atoms in total. The molecule has 0 bridgehead atoms. The van der Waals surface area contributed by atoms with Gasteiger partial charge in [0.25, 0.3) is 0 Å². The second kappa shape index (κ2) is 5.55. The number of hydrogen-bond donors (Lipinski definition) is 1. The topological polar surface area (TPSA) is 29.9 Å². The fraction of sp³-hybridized carbons (Fsp3) is 0.357. The van der Waals surface area contributed by atoms with E-state index in [2.05, 4.69) is 30.8 Å². The van der Waals surface area contributed by atoms with Gasteiger partial charge in [0.05, 0.1) is 5.02 Å². The van der Waals surface area contributed by atoms with Gasteiger partial charge >= 0.3 is 0 Å². The van der Waals surface area contributed by atoms with Crippen LogP contribution in [0, 0.1) is 0 Å². The Morgan fingerprint density at radius 1 is 1.32 bits per heavy atom. The van der Waals surface area contributed by atoms with Gasteiger partial charge in [0.15, 0.2) is 0 Å². The molecule has 2 aromatic rings. The maximum absolute atomic E-state index is 6.03. The summed E-state index contributed by atoms with van der Waals surface area (Å²) in [6, 6.07) is 6.44. The van der Waals surface area contributed by atoms with Gasteiger partial charge < -0.3 is 5.32 Å². The molecule has 1 aromatic carbocycles. The number of aromatic nitrogens is 2. The van der Waals surface area contributed by atoms with Gasteiger partial charge in [0.2, 0.25) is 5.95 Å². The number of hydrogen-bond acceptors (Lipinski definition) is 2. The molecule has 1 aromatic heterocycles. The largest absolute Gasteiger partial charge is 0.353 e. The molecule has 1 N–H and O–H groups in total. The van der Waals surface area contributed by atoms with Gasteiger partial charge in [0, 0.05) is 28.6 Å². The maximum atomic E-state index is 6.03. The Bertz CT molecular complexity index is 576. The smallest absolute Gasteiger partial charge is 0.207 e. The Balaban J connectivity index is 1.87. The van der Waals surface area contributed by atoms with Crippen LogP contribution in [-0.2, 0) is 0 Å². The van der Waals surface area contributed by atoms with Gasteiger partial charge in [-0.25, -0.2) is 4.98 Å². The zero-order chi connectivity index (χ0) is 13.2. The lowest BCUT2D eigenvalue weighted by molar-refractivity contribution is 0.740. The van der Waals surface area contributed by atoms with E-state index in [1.807, 2.05) is 30.6 Å². The molecule has 0 spiro atoms. The summed E-state index contributed by atoms with van der Waals surface area (Å²) < 4.78 is 2.95. The van der Waals surface area contributed by atoms with Gasteiger partial charge in [-0.3, -0.25) is 4.57 Å². The van der Waals surface area contributed by atoms with Crippen LogP contribution in [0.1, 0.15) is 25.7 Å². The van der Waals surface area contributed by atoms with E-state index in [-0.39, 0.29) is 0 Å². The summed E-state index contributed by atoms with van der Waals surface area (Å²) in [5.74, 6) is 0.904. The highest BCUT2D eigenvalue weighted by molar-refractivity contribution is 9.10. The van der Waals surface area contributed by atoms with Crippen molar-refractivity contribution in [3.05, 3.63) is 40.1 Å². The lowest BCUT2D eigenvalue weighted by atomic mass is 10.2. The third-order valence-corrected chi connectivity index (χ3v) is 4.72. The zero-order valence-corrected chi connectivity index (χ0v) is 12.8. The maximum Gasteiger partial charge on any atom is 0.207 e. The molecule has 1 aliphatic rings. The van der Waals surface area contributed by atoms with Crippen molar-refractivity contribution in [3.63, 3.8) is 0 Å². The molecule has 1 heterocycles. The third kappa shape index (κ3) is 2.79. The summed E-state index contributed by atoms with van der Waals surface area (Å²) in [5, 5.41) is 4.24. The summed E-state index contributed by atoms with van der Waals surface area (Å²) in [6.07, 6.45) is 8.87. The average molecular weight is 341 g/mol. The van der Waals surface area contributed by atoms with Gasteiger partial charge in [0.1, 0.15) is 0 Å². The van der Waals surface area contributed by atoms with Crippen molar-refractivity contribution in [1.29, 1.82) is 0 Å². The number of halogens is 2. The number of anilines is 1. The second-order valence-corrected chi connectivity index (χ2v) is 6.11. The molecule has 1 aliphatic carbocycles. The Morgan fingerprint density at radius 2 is 2.11 bits per heavy atom. The molecule has 0 radical (unpaired) electrons. The van der Waals surface area contributed by atoms with E-state index in [0.29, 0.717) is 11.1 Å². The number of benzene rings is 1. The van der Waals surface area contributed by atoms with Crippen molar-refractivity contribution in [2.24, 2.45) is 0 Å². The summed E-state index contributed by atoms with van der Waals surface area (Å²) >= 11 is 9.49. The van der Waals surface area contributed by atoms with Crippen LogP contribution in [-0.4, -0.2) is 15.6 Å². The van der Waals surface area contributed by atoms with Crippen molar-refractivity contribution in [3.8, 4) is 5.69 Å². The number of rotatable bonds is 3. The SMILES string of the molecule is Clc1ccc(-n2ccnc2NC2CCCC2)cc1Br. The van der Waals surface area contributed by atoms with Crippen molar-refractivity contribution in [1.82, 2.24) is 9.55 Å². The Hall–Kier alpha value is -1.00. The van der Waals surface area contributed by atoms with E-state index in [9.17, 15) is 0 Å². The zero-order valence-electron chi connectivity index (χ0n) is 10.4. The highest BCUT2D eigenvalue weighted by Gasteiger charge is 2.17. The van der Waals surface area contributed by atoms with Gasteiger partial charge in [-0.1, -0.05) is 24.4 Å². The van der Waals surface area contributed by atoms with Crippen molar-refractivity contribution >= 4 is 33.5 Å². The van der Waals surface area contributed by atoms with Crippen molar-refractivity contribution in [2.75, 3.05) is 5.32 Å². The molecule has 19 heavy (non-hydrogen) atoms. The van der Waals surface area contributed by atoms with Crippen LogP contribution < -0.4 is 5.32 Å². The quantitative estimate of drug-likeness (QED) is 0.882. The van der Waals surface area contributed by atoms with E-state index >= 15 is 0 Å². The predicted molar refractivity (Wildman–Crippen MR) is 82.2 cm³/mol. The second-order valence-electron chi connectivity index (χ2n) is 4.84. The standard InChI is InChI=1S/C14H15BrClN3/c15-12-9-11(5-6-13(12)16)19-8-7-17-14(19)18-10-3-1-2-4-10/h5-10H,1-4H2,(H,17,18). The van der Waals surface area contributed by atoms with Crippen LogP contribution in [0.2, 0.25) is 5.02 Å². The van der Waals surface area contributed by atoms with Crippen LogP contribution in [0.3, 0.4) is 0 Å². The van der Waals surface area contributed by atoms with Crippen molar-refractivity contribution < 1.29 is 0 Å². The molecule has 100 valence electrons. The summed E-state index contributed by atoms with van der Waals surface area (Å²) in [7, 11) is 0. The Morgan fingerprint density at radius 3 is 2.84 bits per heavy atom. The molecule has 0 atom stereocenters. The summed E-state index contributed by atoms with van der Waals surface area (Å²) in [5.41, 5.74) is 1.05. The van der Waals surface area contributed by atoms with Crippen LogP contribution in [0.25, 0.3) is 5.69 Å². The molecule has 3 rings (SSSR count). The highest BCUT2D eigenvalue weighted by Crippen LogP contribution is 2.27. The first kappa shape index (κ1) is 13.0. The number of nitrogens with one attached hydrogen (secondary N) is 1. The first-order valence-electron chi connectivity index (χ1n) is 6.49. The fourth-order valence-corrected chi connectivity index (χ4v) is 2.99. The molecular weight excluding hydrogens is 326 g/mol. The molecular formula is C14H15BrClN3. The van der Waals surface area contributed by atoms with E-state index in [1.54, 1.807) is 0 Å². The normalized spacial score (nSPS) is 15.9. The van der Waals surface area contributed by atoms with Crippen LogP contribution >= 0.6 is 27.5 Å². The van der Waals surface area contributed by atoms with Crippen LogP contribution in [0.5, 0.6) is 0 Å². The van der Waals surface area contributed by atoms with Gasteiger partial charge in [-0.2, -0.15) is 0 Å². The van der Waals surface area contributed by atoms with Gasteiger partial charge in [-0.05, 0) is 47.0 Å². The van der Waals surface area contributed by atoms with Crippen molar-refractivity contribution in [2.45, 2.75) is 31.7 Å². The minimum Gasteiger partial charge on any atom is -0.353 e. The van der Waals surface area contributed by atoms with Gasteiger partial charge in [-0.15, -0.1) is 0 Å². The first-order chi connectivity index (χ1) is 9.24. The molecule has 1 fully saturated rings. The van der Waals surface area contributed by atoms with E-state index in [0.717, 1.165) is 16.1 Å². The molecule has 0 saturated heterocycles. The van der Waals surface area contributed by atoms with Crippen LogP contribution in [0.4, 0.5) is 5.95 Å². The molecule has 1 saturated carbocycles. The lowest BCUT2D eigenvalue weighted by Crippen LogP contribution is -2.17. The molecule has 0 aliphatic heterocycles. The summed E-state index contributed by atoms with van der Waals surface area (Å²) in [4.78, 5) is 4.41. The number of nitrogens with zero attached hydrogens (tertiary/aromatic N) is 2. The molecule has 0 unspecified atom stereocenters.